The fraction of sp³-hybridized carbons (Fsp3) is 0.368. The van der Waals surface area contributed by atoms with Crippen LogP contribution in [-0.2, 0) is 14.8 Å². The zero-order valence-electron chi connectivity index (χ0n) is 15.2. The molecule has 144 valence electrons. The maximum Gasteiger partial charge on any atom is 0.243 e. The molecule has 0 saturated carbocycles. The number of hydrogen-bond donors (Lipinski definition) is 1. The molecular weight excluding hydrogens is 366 g/mol. The zero-order valence-corrected chi connectivity index (χ0v) is 16.0. The summed E-state index contributed by atoms with van der Waals surface area (Å²) in [5, 5.41) is 2.83. The van der Waals surface area contributed by atoms with Gasteiger partial charge >= 0.3 is 0 Å². The number of aromatic nitrogens is 1. The number of anilines is 1. The molecule has 1 amide bonds. The van der Waals surface area contributed by atoms with Gasteiger partial charge in [0.2, 0.25) is 15.9 Å². The lowest BCUT2D eigenvalue weighted by Crippen LogP contribution is -2.41. The molecule has 0 atom stereocenters. The third-order valence-corrected chi connectivity index (χ3v) is 6.44. The average molecular weight is 389 g/mol. The lowest BCUT2D eigenvalue weighted by Gasteiger charge is -2.30. The minimum absolute atomic E-state index is 0.0962. The van der Waals surface area contributed by atoms with Crippen LogP contribution in [-0.4, -0.2) is 43.3 Å². The Morgan fingerprint density at radius 1 is 1.22 bits per heavy atom. The molecule has 2 heterocycles. The minimum Gasteiger partial charge on any atom is -0.494 e. The van der Waals surface area contributed by atoms with Gasteiger partial charge in [-0.3, -0.25) is 9.78 Å². The second-order valence-electron chi connectivity index (χ2n) is 6.31. The van der Waals surface area contributed by atoms with Crippen LogP contribution in [0.3, 0.4) is 0 Å². The Hall–Kier alpha value is -2.45. The summed E-state index contributed by atoms with van der Waals surface area (Å²) in [4.78, 5) is 16.6. The SMILES string of the molecule is CCOc1ccc(S(=O)(=O)N2CCC(C(=O)Nc3cccnc3)CC2)cc1. The molecule has 27 heavy (non-hydrogen) atoms. The van der Waals surface area contributed by atoms with Crippen molar-refractivity contribution in [3.05, 3.63) is 48.8 Å². The van der Waals surface area contributed by atoms with Crippen LogP contribution in [0, 0.1) is 5.92 Å². The first-order chi connectivity index (χ1) is 13.0. The number of piperidine rings is 1. The van der Waals surface area contributed by atoms with Crippen molar-refractivity contribution >= 4 is 21.6 Å². The summed E-state index contributed by atoms with van der Waals surface area (Å²) in [7, 11) is -3.57. The third kappa shape index (κ3) is 4.64. The van der Waals surface area contributed by atoms with E-state index in [1.54, 1.807) is 48.8 Å². The molecule has 1 N–H and O–H groups in total. The highest BCUT2D eigenvalue weighted by atomic mass is 32.2. The summed E-state index contributed by atoms with van der Waals surface area (Å²) in [5.41, 5.74) is 0.645. The van der Waals surface area contributed by atoms with Gasteiger partial charge in [0.15, 0.2) is 0 Å². The van der Waals surface area contributed by atoms with Crippen molar-refractivity contribution in [2.24, 2.45) is 5.92 Å². The number of carbonyl (C=O) groups excluding carboxylic acids is 1. The van der Waals surface area contributed by atoms with Crippen LogP contribution < -0.4 is 10.1 Å². The van der Waals surface area contributed by atoms with E-state index in [0.717, 1.165) is 0 Å². The quantitative estimate of drug-likeness (QED) is 0.820. The topological polar surface area (TPSA) is 88.6 Å². The van der Waals surface area contributed by atoms with Crippen LogP contribution in [0.4, 0.5) is 5.69 Å². The predicted octanol–water partition coefficient (Wildman–Crippen LogP) is 2.52. The fourth-order valence-electron chi connectivity index (χ4n) is 3.06. The Morgan fingerprint density at radius 3 is 2.52 bits per heavy atom. The molecule has 0 bridgehead atoms. The van der Waals surface area contributed by atoms with E-state index >= 15 is 0 Å². The molecule has 7 nitrogen and oxygen atoms in total. The number of amides is 1. The number of hydrogen-bond acceptors (Lipinski definition) is 5. The van der Waals surface area contributed by atoms with Crippen LogP contribution in [0.1, 0.15) is 19.8 Å². The second-order valence-corrected chi connectivity index (χ2v) is 8.25. The van der Waals surface area contributed by atoms with Crippen molar-refractivity contribution in [2.45, 2.75) is 24.7 Å². The van der Waals surface area contributed by atoms with Crippen LogP contribution >= 0.6 is 0 Å². The van der Waals surface area contributed by atoms with E-state index in [0.29, 0.717) is 44.0 Å². The minimum atomic E-state index is -3.57. The van der Waals surface area contributed by atoms with Crippen molar-refractivity contribution in [3.8, 4) is 5.75 Å². The van der Waals surface area contributed by atoms with Gasteiger partial charge in [-0.1, -0.05) is 0 Å². The van der Waals surface area contributed by atoms with Gasteiger partial charge in [0.25, 0.3) is 0 Å². The van der Waals surface area contributed by atoms with Crippen molar-refractivity contribution in [1.82, 2.24) is 9.29 Å². The monoisotopic (exact) mass is 389 g/mol. The van der Waals surface area contributed by atoms with Gasteiger partial charge in [-0.05, 0) is 56.2 Å². The molecule has 2 aromatic rings. The van der Waals surface area contributed by atoms with Gasteiger partial charge in [-0.2, -0.15) is 4.31 Å². The maximum atomic E-state index is 12.8. The van der Waals surface area contributed by atoms with Gasteiger partial charge in [0.05, 0.1) is 23.4 Å². The Labute approximate surface area is 159 Å². The van der Waals surface area contributed by atoms with Crippen LogP contribution in [0.2, 0.25) is 0 Å². The number of rotatable bonds is 6. The number of benzene rings is 1. The molecule has 3 rings (SSSR count). The normalized spacial score (nSPS) is 16.0. The molecule has 1 aromatic heterocycles. The van der Waals surface area contributed by atoms with Crippen LogP contribution in [0.25, 0.3) is 0 Å². The number of pyridine rings is 1. The molecule has 0 aliphatic carbocycles. The number of nitrogens with zero attached hydrogens (tertiary/aromatic N) is 2. The van der Waals surface area contributed by atoms with E-state index in [1.165, 1.54) is 4.31 Å². The molecule has 0 spiro atoms. The summed E-state index contributed by atoms with van der Waals surface area (Å²) in [6, 6.07) is 9.95. The average Bonchev–Trinajstić information content (AvgIpc) is 2.69. The number of sulfonamides is 1. The van der Waals surface area contributed by atoms with Crippen molar-refractivity contribution in [1.29, 1.82) is 0 Å². The van der Waals surface area contributed by atoms with Gasteiger partial charge in [0, 0.05) is 25.2 Å². The molecule has 8 heteroatoms. The second kappa shape index (κ2) is 8.49. The van der Waals surface area contributed by atoms with Crippen LogP contribution in [0.15, 0.2) is 53.7 Å². The van der Waals surface area contributed by atoms with E-state index in [9.17, 15) is 13.2 Å². The summed E-state index contributed by atoms with van der Waals surface area (Å²) >= 11 is 0. The van der Waals surface area contributed by atoms with Gasteiger partial charge in [0.1, 0.15) is 5.75 Å². The van der Waals surface area contributed by atoms with E-state index in [-0.39, 0.29) is 16.7 Å². The van der Waals surface area contributed by atoms with Crippen molar-refractivity contribution in [2.75, 3.05) is 25.0 Å². The van der Waals surface area contributed by atoms with E-state index in [2.05, 4.69) is 10.3 Å². The molecule has 1 aliphatic rings. The van der Waals surface area contributed by atoms with Gasteiger partial charge in [-0.25, -0.2) is 8.42 Å². The molecule has 1 aliphatic heterocycles. The maximum absolute atomic E-state index is 12.8. The zero-order chi connectivity index (χ0) is 19.3. The molecule has 1 fully saturated rings. The fourth-order valence-corrected chi connectivity index (χ4v) is 4.53. The smallest absolute Gasteiger partial charge is 0.243 e. The van der Waals surface area contributed by atoms with Crippen molar-refractivity contribution < 1.29 is 17.9 Å². The Balaban J connectivity index is 1.60. The first kappa shape index (κ1) is 19.3. The Bertz CT molecular complexity index is 862. The Morgan fingerprint density at radius 2 is 1.93 bits per heavy atom. The number of nitrogens with one attached hydrogen (secondary N) is 1. The largest absolute Gasteiger partial charge is 0.494 e. The lowest BCUT2D eigenvalue weighted by molar-refractivity contribution is -0.120. The van der Waals surface area contributed by atoms with E-state index in [1.807, 2.05) is 6.92 Å². The summed E-state index contributed by atoms with van der Waals surface area (Å²) in [6.07, 6.45) is 4.20. The van der Waals surface area contributed by atoms with Gasteiger partial charge < -0.3 is 10.1 Å². The first-order valence-electron chi connectivity index (χ1n) is 8.94. The van der Waals surface area contributed by atoms with Crippen LogP contribution in [0.5, 0.6) is 5.75 Å². The van der Waals surface area contributed by atoms with E-state index in [4.69, 9.17) is 4.74 Å². The van der Waals surface area contributed by atoms with Crippen molar-refractivity contribution in [3.63, 3.8) is 0 Å². The highest BCUT2D eigenvalue weighted by Gasteiger charge is 2.32. The molecular formula is C19H23N3O4S. The predicted molar refractivity (Wildman–Crippen MR) is 102 cm³/mol. The standard InChI is InChI=1S/C19H23N3O4S/c1-2-26-17-5-7-18(8-6-17)27(24,25)22-12-9-15(10-13-22)19(23)21-16-4-3-11-20-14-16/h3-8,11,14-15H,2,9-10,12-13H2,1H3,(H,21,23). The number of ether oxygens (including phenoxy) is 1. The summed E-state index contributed by atoms with van der Waals surface area (Å²) in [6.45, 7) is 3.04. The molecule has 0 unspecified atom stereocenters. The Kier molecular flexibility index (Phi) is 6.08. The highest BCUT2D eigenvalue weighted by molar-refractivity contribution is 7.89. The third-order valence-electron chi connectivity index (χ3n) is 4.53. The lowest BCUT2D eigenvalue weighted by atomic mass is 9.97. The molecule has 1 aromatic carbocycles. The van der Waals surface area contributed by atoms with E-state index < -0.39 is 10.0 Å². The molecule has 0 radical (unpaired) electrons. The summed E-state index contributed by atoms with van der Waals surface area (Å²) in [5.74, 6) is 0.334. The van der Waals surface area contributed by atoms with Gasteiger partial charge in [-0.15, -0.1) is 0 Å². The first-order valence-corrected chi connectivity index (χ1v) is 10.4. The highest BCUT2D eigenvalue weighted by Crippen LogP contribution is 2.26. The number of carbonyl (C=O) groups is 1. The molecule has 1 saturated heterocycles. The summed E-state index contributed by atoms with van der Waals surface area (Å²) < 4.78 is 32.4.